The summed E-state index contributed by atoms with van der Waals surface area (Å²) in [5, 5.41) is 9.34. The fourth-order valence-corrected chi connectivity index (χ4v) is 4.31. The molecule has 0 unspecified atom stereocenters. The van der Waals surface area contributed by atoms with Crippen molar-refractivity contribution in [3.63, 3.8) is 0 Å². The Labute approximate surface area is 159 Å². The van der Waals surface area contributed by atoms with E-state index < -0.39 is 10.0 Å². The lowest BCUT2D eigenvalue weighted by Crippen LogP contribution is -2.31. The van der Waals surface area contributed by atoms with Crippen LogP contribution in [0.15, 0.2) is 83.8 Å². The van der Waals surface area contributed by atoms with E-state index in [1.54, 1.807) is 43.5 Å². The molecule has 3 aromatic carbocycles. The molecule has 0 fully saturated rings. The summed E-state index contributed by atoms with van der Waals surface area (Å²) in [4.78, 5) is -0.0146. The Morgan fingerprint density at radius 3 is 2.19 bits per heavy atom. The van der Waals surface area contributed by atoms with Crippen LogP contribution in [0.1, 0.15) is 11.1 Å². The molecule has 0 N–H and O–H groups in total. The van der Waals surface area contributed by atoms with Gasteiger partial charge in [0.15, 0.2) is 0 Å². The summed E-state index contributed by atoms with van der Waals surface area (Å²) in [6.45, 7) is 0.148. The number of hydrogen-bond donors (Lipinski definition) is 0. The van der Waals surface area contributed by atoms with Crippen LogP contribution in [0.5, 0.6) is 5.75 Å². The molecule has 5 nitrogen and oxygen atoms in total. The molecule has 0 radical (unpaired) electrons. The van der Waals surface area contributed by atoms with Crippen molar-refractivity contribution in [2.24, 2.45) is 0 Å². The Hall–Kier alpha value is -3.30. The van der Waals surface area contributed by atoms with Crippen molar-refractivity contribution in [1.29, 1.82) is 5.26 Å². The molecule has 0 atom stereocenters. The SMILES string of the molecule is COc1ccc(N(Cc2ccccc2)S(=O)(=O)c2ccccc2C#N)cc1. The predicted octanol–water partition coefficient (Wildman–Crippen LogP) is 3.96. The molecule has 27 heavy (non-hydrogen) atoms. The quantitative estimate of drug-likeness (QED) is 0.651. The Kier molecular flexibility index (Phi) is 5.43. The molecule has 6 heteroatoms. The second kappa shape index (κ2) is 7.94. The summed E-state index contributed by atoms with van der Waals surface area (Å²) >= 11 is 0. The molecule has 0 saturated heterocycles. The molecule has 136 valence electrons. The molecular weight excluding hydrogens is 360 g/mol. The Bertz CT molecular complexity index is 1060. The van der Waals surface area contributed by atoms with Gasteiger partial charge in [0.2, 0.25) is 0 Å². The number of ether oxygens (including phenoxy) is 1. The van der Waals surface area contributed by atoms with Crippen molar-refractivity contribution in [1.82, 2.24) is 0 Å². The lowest BCUT2D eigenvalue weighted by Gasteiger charge is -2.25. The third kappa shape index (κ3) is 3.94. The molecule has 0 saturated carbocycles. The van der Waals surface area contributed by atoms with Crippen molar-refractivity contribution >= 4 is 15.7 Å². The van der Waals surface area contributed by atoms with Gasteiger partial charge in [-0.15, -0.1) is 0 Å². The van der Waals surface area contributed by atoms with Crippen molar-refractivity contribution in [2.45, 2.75) is 11.4 Å². The highest BCUT2D eigenvalue weighted by molar-refractivity contribution is 7.92. The maximum atomic E-state index is 13.4. The lowest BCUT2D eigenvalue weighted by atomic mass is 10.2. The average molecular weight is 378 g/mol. The fourth-order valence-electron chi connectivity index (χ4n) is 2.72. The topological polar surface area (TPSA) is 70.4 Å². The van der Waals surface area contributed by atoms with E-state index in [1.165, 1.54) is 16.4 Å². The van der Waals surface area contributed by atoms with Crippen LogP contribution in [0.25, 0.3) is 0 Å². The summed E-state index contributed by atoms with van der Waals surface area (Å²) < 4.78 is 33.3. The first-order valence-corrected chi connectivity index (χ1v) is 9.70. The minimum Gasteiger partial charge on any atom is -0.497 e. The van der Waals surface area contributed by atoms with E-state index >= 15 is 0 Å². The number of anilines is 1. The van der Waals surface area contributed by atoms with Gasteiger partial charge in [-0.25, -0.2) is 8.42 Å². The average Bonchev–Trinajstić information content (AvgIpc) is 2.72. The van der Waals surface area contributed by atoms with Crippen molar-refractivity contribution in [3.05, 3.63) is 90.0 Å². The maximum Gasteiger partial charge on any atom is 0.265 e. The lowest BCUT2D eigenvalue weighted by molar-refractivity contribution is 0.415. The van der Waals surface area contributed by atoms with Crippen molar-refractivity contribution in [3.8, 4) is 11.8 Å². The zero-order valence-electron chi connectivity index (χ0n) is 14.7. The van der Waals surface area contributed by atoms with E-state index in [0.29, 0.717) is 11.4 Å². The molecule has 0 bridgehead atoms. The second-order valence-electron chi connectivity index (χ2n) is 5.80. The molecule has 0 aromatic heterocycles. The molecule has 0 aliphatic rings. The van der Waals surface area contributed by atoms with Crippen LogP contribution in [0.4, 0.5) is 5.69 Å². The Balaban J connectivity index is 2.11. The van der Waals surface area contributed by atoms with Crippen LogP contribution < -0.4 is 9.04 Å². The largest absolute Gasteiger partial charge is 0.497 e. The van der Waals surface area contributed by atoms with Gasteiger partial charge in [0, 0.05) is 0 Å². The van der Waals surface area contributed by atoms with Crippen LogP contribution in [0, 0.1) is 11.3 Å². The zero-order chi connectivity index (χ0) is 19.3. The zero-order valence-corrected chi connectivity index (χ0v) is 15.6. The highest BCUT2D eigenvalue weighted by Crippen LogP contribution is 2.29. The molecule has 3 aromatic rings. The van der Waals surface area contributed by atoms with Crippen molar-refractivity contribution in [2.75, 3.05) is 11.4 Å². The van der Waals surface area contributed by atoms with Gasteiger partial charge < -0.3 is 4.74 Å². The number of hydrogen-bond acceptors (Lipinski definition) is 4. The summed E-state index contributed by atoms with van der Waals surface area (Å²) in [7, 11) is -2.39. The highest BCUT2D eigenvalue weighted by atomic mass is 32.2. The van der Waals surface area contributed by atoms with E-state index in [0.717, 1.165) is 5.56 Å². The van der Waals surface area contributed by atoms with Gasteiger partial charge in [0.05, 0.1) is 24.9 Å². The van der Waals surface area contributed by atoms with Gasteiger partial charge in [-0.2, -0.15) is 5.26 Å². The Morgan fingerprint density at radius 2 is 1.56 bits per heavy atom. The summed E-state index contributed by atoms with van der Waals surface area (Å²) in [6, 6.07) is 24.3. The first-order chi connectivity index (χ1) is 13.1. The van der Waals surface area contributed by atoms with Gasteiger partial charge in [0.1, 0.15) is 16.7 Å². The van der Waals surface area contributed by atoms with Crippen molar-refractivity contribution < 1.29 is 13.2 Å². The molecule has 0 aliphatic carbocycles. The maximum absolute atomic E-state index is 13.4. The van der Waals surface area contributed by atoms with Crippen LogP contribution in [-0.4, -0.2) is 15.5 Å². The predicted molar refractivity (Wildman–Crippen MR) is 104 cm³/mol. The molecule has 0 spiro atoms. The molecule has 0 heterocycles. The van der Waals surface area contributed by atoms with Crippen LogP contribution in [-0.2, 0) is 16.6 Å². The molecule has 0 aliphatic heterocycles. The number of benzene rings is 3. The van der Waals surface area contributed by atoms with Gasteiger partial charge in [-0.05, 0) is 42.0 Å². The first-order valence-electron chi connectivity index (χ1n) is 8.26. The van der Waals surface area contributed by atoms with E-state index in [4.69, 9.17) is 4.74 Å². The number of nitriles is 1. The molecule has 3 rings (SSSR count). The van der Waals surface area contributed by atoms with Crippen LogP contribution in [0.2, 0.25) is 0 Å². The number of nitrogens with zero attached hydrogens (tertiary/aromatic N) is 2. The van der Waals surface area contributed by atoms with Gasteiger partial charge in [0.25, 0.3) is 10.0 Å². The summed E-state index contributed by atoms with van der Waals surface area (Å²) in [6.07, 6.45) is 0. The molecular formula is C21H18N2O3S. The minimum absolute atomic E-state index is 0.0146. The third-order valence-electron chi connectivity index (χ3n) is 4.10. The fraction of sp³-hybridized carbons (Fsp3) is 0.0952. The summed E-state index contributed by atoms with van der Waals surface area (Å²) in [5.41, 5.74) is 1.45. The van der Waals surface area contributed by atoms with Gasteiger partial charge >= 0.3 is 0 Å². The van der Waals surface area contributed by atoms with Gasteiger partial charge in [-0.1, -0.05) is 42.5 Å². The highest BCUT2D eigenvalue weighted by Gasteiger charge is 2.27. The second-order valence-corrected chi connectivity index (χ2v) is 7.63. The monoisotopic (exact) mass is 378 g/mol. The van der Waals surface area contributed by atoms with Crippen LogP contribution in [0.3, 0.4) is 0 Å². The van der Waals surface area contributed by atoms with Crippen LogP contribution >= 0.6 is 0 Å². The molecule has 0 amide bonds. The minimum atomic E-state index is -3.94. The number of rotatable bonds is 6. The standard InChI is InChI=1S/C21H18N2O3S/c1-26-20-13-11-19(12-14-20)23(16-17-7-3-2-4-8-17)27(24,25)21-10-6-5-9-18(21)15-22/h2-14H,16H2,1H3. The normalized spacial score (nSPS) is 10.8. The van der Waals surface area contributed by atoms with E-state index in [-0.39, 0.29) is 17.0 Å². The Morgan fingerprint density at radius 1 is 0.926 bits per heavy atom. The van der Waals surface area contributed by atoms with E-state index in [9.17, 15) is 13.7 Å². The number of sulfonamides is 1. The van der Waals surface area contributed by atoms with Gasteiger partial charge in [-0.3, -0.25) is 4.31 Å². The summed E-state index contributed by atoms with van der Waals surface area (Å²) in [5.74, 6) is 0.633. The van der Waals surface area contributed by atoms with E-state index in [2.05, 4.69) is 0 Å². The first kappa shape index (κ1) is 18.5. The smallest absolute Gasteiger partial charge is 0.265 e. The van der Waals surface area contributed by atoms with E-state index in [1.807, 2.05) is 36.4 Å². The number of methoxy groups -OCH3 is 1. The third-order valence-corrected chi connectivity index (χ3v) is 5.94.